The van der Waals surface area contributed by atoms with Crippen LogP contribution in [0.2, 0.25) is 0 Å². The summed E-state index contributed by atoms with van der Waals surface area (Å²) < 4.78 is 6.57. The maximum absolute atomic E-state index is 13.0. The van der Waals surface area contributed by atoms with Crippen molar-refractivity contribution in [2.24, 2.45) is 0 Å². The van der Waals surface area contributed by atoms with Crippen molar-refractivity contribution >= 4 is 27.5 Å². The lowest BCUT2D eigenvalue weighted by atomic mass is 9.97. The lowest BCUT2D eigenvalue weighted by Crippen LogP contribution is -2.25. The summed E-state index contributed by atoms with van der Waals surface area (Å²) in [7, 11) is 0. The predicted molar refractivity (Wildman–Crippen MR) is 104 cm³/mol. The maximum atomic E-state index is 13.0. The number of rotatable bonds is 5. The Morgan fingerprint density at radius 2 is 2.15 bits per heavy atom. The molecule has 0 spiro atoms. The molecule has 27 heavy (non-hydrogen) atoms. The smallest absolute Gasteiger partial charge is 0.338 e. The quantitative estimate of drug-likeness (QED) is 0.632. The van der Waals surface area contributed by atoms with Gasteiger partial charge in [0.2, 0.25) is 0 Å². The Bertz CT molecular complexity index is 1050. The van der Waals surface area contributed by atoms with Crippen LogP contribution in [0.4, 0.5) is 0 Å². The van der Waals surface area contributed by atoms with E-state index in [0.29, 0.717) is 12.2 Å². The molecule has 1 aromatic carbocycles. The van der Waals surface area contributed by atoms with E-state index in [1.165, 1.54) is 16.0 Å². The Morgan fingerprint density at radius 3 is 3.00 bits per heavy atom. The third kappa shape index (κ3) is 3.51. The van der Waals surface area contributed by atoms with Crippen molar-refractivity contribution in [3.8, 4) is 0 Å². The molecular formula is C20H21N3O3S. The molecule has 0 amide bonds. The lowest BCUT2D eigenvalue weighted by Gasteiger charge is -2.10. The molecule has 6 nitrogen and oxygen atoms in total. The number of aromatic nitrogens is 3. The second kappa shape index (κ2) is 7.60. The molecule has 0 radical (unpaired) electrons. The molecule has 1 aliphatic carbocycles. The summed E-state index contributed by atoms with van der Waals surface area (Å²) in [6, 6.07) is 7.13. The summed E-state index contributed by atoms with van der Waals surface area (Å²) in [5.41, 5.74) is 2.36. The summed E-state index contributed by atoms with van der Waals surface area (Å²) in [5.74, 6) is -0.348. The minimum absolute atomic E-state index is 0.0987. The third-order valence-electron chi connectivity index (χ3n) is 4.78. The molecule has 0 aliphatic heterocycles. The Balaban J connectivity index is 1.65. The van der Waals surface area contributed by atoms with E-state index in [0.717, 1.165) is 47.0 Å². The van der Waals surface area contributed by atoms with Crippen LogP contribution >= 0.6 is 11.3 Å². The van der Waals surface area contributed by atoms with E-state index >= 15 is 0 Å². The van der Waals surface area contributed by atoms with Gasteiger partial charge in [-0.3, -0.25) is 4.79 Å². The van der Waals surface area contributed by atoms with Gasteiger partial charge in [-0.05, 0) is 55.4 Å². The van der Waals surface area contributed by atoms with Gasteiger partial charge in [-0.15, -0.1) is 16.4 Å². The zero-order valence-corrected chi connectivity index (χ0v) is 16.1. The SMILES string of the molecule is CCCOC(=O)c1cccc(Cn2nnc3sc4c(c3c2=O)CCCC4)c1. The van der Waals surface area contributed by atoms with E-state index in [-0.39, 0.29) is 18.1 Å². The monoisotopic (exact) mass is 383 g/mol. The van der Waals surface area contributed by atoms with Gasteiger partial charge in [0.1, 0.15) is 0 Å². The molecule has 4 rings (SSSR count). The highest BCUT2D eigenvalue weighted by Gasteiger charge is 2.20. The average molecular weight is 383 g/mol. The number of nitrogens with zero attached hydrogens (tertiary/aromatic N) is 3. The lowest BCUT2D eigenvalue weighted by molar-refractivity contribution is 0.0505. The summed E-state index contributed by atoms with van der Waals surface area (Å²) in [5, 5.41) is 9.12. The Kier molecular flexibility index (Phi) is 5.03. The third-order valence-corrected chi connectivity index (χ3v) is 5.95. The first kappa shape index (κ1) is 17.9. The van der Waals surface area contributed by atoms with Gasteiger partial charge in [0.05, 0.1) is 24.1 Å². The molecular weight excluding hydrogens is 362 g/mol. The Hall–Kier alpha value is -2.54. The number of thiophene rings is 1. The Labute approximate surface area is 160 Å². The van der Waals surface area contributed by atoms with Crippen LogP contribution in [0.3, 0.4) is 0 Å². The van der Waals surface area contributed by atoms with E-state index in [2.05, 4.69) is 10.3 Å². The van der Waals surface area contributed by atoms with Gasteiger partial charge in [0.15, 0.2) is 4.83 Å². The minimum Gasteiger partial charge on any atom is -0.462 e. The van der Waals surface area contributed by atoms with Gasteiger partial charge in [-0.2, -0.15) is 0 Å². The summed E-state index contributed by atoms with van der Waals surface area (Å²) in [4.78, 5) is 27.1. The van der Waals surface area contributed by atoms with Crippen LogP contribution in [0.5, 0.6) is 0 Å². The van der Waals surface area contributed by atoms with Crippen LogP contribution in [0, 0.1) is 0 Å². The fourth-order valence-electron chi connectivity index (χ4n) is 3.46. The van der Waals surface area contributed by atoms with Crippen molar-refractivity contribution in [2.45, 2.75) is 45.6 Å². The van der Waals surface area contributed by atoms with Crippen molar-refractivity contribution < 1.29 is 9.53 Å². The van der Waals surface area contributed by atoms with E-state index in [9.17, 15) is 9.59 Å². The van der Waals surface area contributed by atoms with E-state index in [4.69, 9.17) is 4.74 Å². The predicted octanol–water partition coefficient (Wildman–Crippen LogP) is 3.35. The fraction of sp³-hybridized carbons (Fsp3) is 0.400. The molecule has 0 unspecified atom stereocenters. The van der Waals surface area contributed by atoms with Gasteiger partial charge < -0.3 is 4.74 Å². The van der Waals surface area contributed by atoms with E-state index in [1.54, 1.807) is 29.5 Å². The molecule has 0 N–H and O–H groups in total. The second-order valence-corrected chi connectivity index (χ2v) is 7.86. The minimum atomic E-state index is -0.348. The van der Waals surface area contributed by atoms with Gasteiger partial charge >= 0.3 is 5.97 Å². The van der Waals surface area contributed by atoms with Crippen LogP contribution in [0.15, 0.2) is 29.1 Å². The number of carbonyl (C=O) groups excluding carboxylic acids is 1. The number of carbonyl (C=O) groups is 1. The van der Waals surface area contributed by atoms with Gasteiger partial charge in [0.25, 0.3) is 5.56 Å². The molecule has 0 fully saturated rings. The van der Waals surface area contributed by atoms with Crippen LogP contribution in [-0.2, 0) is 24.1 Å². The van der Waals surface area contributed by atoms with Gasteiger partial charge in [0, 0.05) is 4.88 Å². The first-order valence-electron chi connectivity index (χ1n) is 9.31. The summed E-state index contributed by atoms with van der Waals surface area (Å²) in [6.45, 7) is 2.63. The van der Waals surface area contributed by atoms with Crippen molar-refractivity contribution in [3.63, 3.8) is 0 Å². The van der Waals surface area contributed by atoms with Crippen molar-refractivity contribution in [1.29, 1.82) is 0 Å². The molecule has 1 aliphatic rings. The van der Waals surface area contributed by atoms with E-state index < -0.39 is 0 Å². The number of hydrogen-bond acceptors (Lipinski definition) is 6. The highest BCUT2D eigenvalue weighted by Crippen LogP contribution is 2.33. The maximum Gasteiger partial charge on any atom is 0.338 e. The molecule has 0 atom stereocenters. The van der Waals surface area contributed by atoms with Crippen LogP contribution in [-0.4, -0.2) is 27.6 Å². The van der Waals surface area contributed by atoms with Gasteiger partial charge in [-0.1, -0.05) is 24.3 Å². The number of fused-ring (bicyclic) bond motifs is 3. The van der Waals surface area contributed by atoms with Gasteiger partial charge in [-0.25, -0.2) is 9.48 Å². The first-order chi connectivity index (χ1) is 13.2. The summed E-state index contributed by atoms with van der Waals surface area (Å²) >= 11 is 1.59. The zero-order valence-electron chi connectivity index (χ0n) is 15.2. The molecule has 0 saturated heterocycles. The highest BCUT2D eigenvalue weighted by atomic mass is 32.1. The van der Waals surface area contributed by atoms with Crippen LogP contribution in [0.25, 0.3) is 10.2 Å². The highest BCUT2D eigenvalue weighted by molar-refractivity contribution is 7.18. The zero-order chi connectivity index (χ0) is 18.8. The number of aryl methyl sites for hydroxylation is 2. The van der Waals surface area contributed by atoms with Crippen molar-refractivity contribution in [1.82, 2.24) is 15.0 Å². The molecule has 140 valence electrons. The first-order valence-corrected chi connectivity index (χ1v) is 10.1. The van der Waals surface area contributed by atoms with Crippen LogP contribution in [0.1, 0.15) is 52.5 Å². The molecule has 7 heteroatoms. The molecule has 2 heterocycles. The number of hydrogen-bond donors (Lipinski definition) is 0. The number of benzene rings is 1. The largest absolute Gasteiger partial charge is 0.462 e. The molecule has 3 aromatic rings. The number of ether oxygens (including phenoxy) is 1. The average Bonchev–Trinajstić information content (AvgIpc) is 3.08. The fourth-order valence-corrected chi connectivity index (χ4v) is 4.65. The topological polar surface area (TPSA) is 74.1 Å². The Morgan fingerprint density at radius 1 is 1.30 bits per heavy atom. The molecule has 0 bridgehead atoms. The van der Waals surface area contributed by atoms with E-state index in [1.807, 2.05) is 13.0 Å². The standard InChI is InChI=1S/C20H21N3O3S/c1-2-10-26-20(25)14-7-5-6-13(11-14)12-23-19(24)17-15-8-3-4-9-16(15)27-18(17)21-22-23/h5-7,11H,2-4,8-10,12H2,1H3. The van der Waals surface area contributed by atoms with Crippen molar-refractivity contribution in [3.05, 3.63) is 56.2 Å². The molecule has 0 saturated carbocycles. The number of esters is 1. The molecule has 2 aromatic heterocycles. The van der Waals surface area contributed by atoms with Crippen molar-refractivity contribution in [2.75, 3.05) is 6.61 Å². The second-order valence-electron chi connectivity index (χ2n) is 6.78. The summed E-state index contributed by atoms with van der Waals surface area (Å²) in [6.07, 6.45) is 5.03. The van der Waals surface area contributed by atoms with Crippen LogP contribution < -0.4 is 5.56 Å². The normalized spacial score (nSPS) is 13.5.